The van der Waals surface area contributed by atoms with Crippen LogP contribution >= 0.6 is 8.53 Å². The molecule has 3 aromatic carbocycles. The number of amides is 1. The Labute approximate surface area is 370 Å². The zero-order valence-corrected chi connectivity index (χ0v) is 37.9. The maximum absolute atomic E-state index is 13.9. The Kier molecular flexibility index (Phi) is 18.1. The second kappa shape index (κ2) is 23.4. The van der Waals surface area contributed by atoms with Crippen molar-refractivity contribution in [3.63, 3.8) is 0 Å². The molecule has 2 unspecified atom stereocenters. The zero-order valence-electron chi connectivity index (χ0n) is 37.0. The molecule has 0 spiro atoms. The van der Waals surface area contributed by atoms with Crippen LogP contribution in [0.25, 0.3) is 0 Å². The number of carbonyl (C=O) groups excluding carboxylic acids is 1. The summed E-state index contributed by atoms with van der Waals surface area (Å²) in [6.45, 7) is 11.2. The molecule has 1 aliphatic rings. The van der Waals surface area contributed by atoms with Crippen LogP contribution in [-0.2, 0) is 38.4 Å². The van der Waals surface area contributed by atoms with Crippen molar-refractivity contribution in [3.8, 4) is 23.6 Å². The minimum absolute atomic E-state index is 0.0531. The number of hydrogen-bond donors (Lipinski definition) is 1. The summed E-state index contributed by atoms with van der Waals surface area (Å²) in [7, 11) is 1.31. The third kappa shape index (κ3) is 12.3. The van der Waals surface area contributed by atoms with Crippen LogP contribution in [0.3, 0.4) is 0 Å². The second-order valence-electron chi connectivity index (χ2n) is 15.1. The topological polar surface area (TPSA) is 189 Å². The van der Waals surface area contributed by atoms with Gasteiger partial charge in [-0.05, 0) is 81.6 Å². The average Bonchev–Trinajstić information content (AvgIpc) is 3.59. The van der Waals surface area contributed by atoms with E-state index in [0.29, 0.717) is 11.5 Å². The summed E-state index contributed by atoms with van der Waals surface area (Å²) < 4.78 is 54.8. The van der Waals surface area contributed by atoms with E-state index in [9.17, 15) is 20.1 Å². The third-order valence-corrected chi connectivity index (χ3v) is 12.2. The van der Waals surface area contributed by atoms with E-state index in [0.717, 1.165) is 16.7 Å². The first-order valence-corrected chi connectivity index (χ1v) is 21.9. The monoisotopic (exact) mass is 884 g/mol. The van der Waals surface area contributed by atoms with Crippen LogP contribution in [0, 0.1) is 22.7 Å². The van der Waals surface area contributed by atoms with Crippen LogP contribution in [0.15, 0.2) is 95.9 Å². The molecule has 2 heterocycles. The summed E-state index contributed by atoms with van der Waals surface area (Å²) >= 11 is 0. The van der Waals surface area contributed by atoms with Crippen LogP contribution in [0.5, 0.6) is 11.5 Å². The van der Waals surface area contributed by atoms with Crippen molar-refractivity contribution in [2.75, 3.05) is 39.4 Å². The van der Waals surface area contributed by atoms with Crippen LogP contribution in [0.4, 0.5) is 5.82 Å². The first-order valence-electron chi connectivity index (χ1n) is 20.8. The van der Waals surface area contributed by atoms with Crippen molar-refractivity contribution in [2.45, 2.75) is 103 Å². The fourth-order valence-electron chi connectivity index (χ4n) is 7.41. The van der Waals surface area contributed by atoms with Gasteiger partial charge < -0.3 is 42.8 Å². The number of rotatable bonds is 23. The van der Waals surface area contributed by atoms with E-state index in [1.54, 1.807) is 21.1 Å². The highest BCUT2D eigenvalue weighted by atomic mass is 31.2. The lowest BCUT2D eigenvalue weighted by Crippen LogP contribution is -2.44. The number of hydrogen-bond acceptors (Lipinski definition) is 14. The SMILES string of the molecule is COc1ccc(C(OC[C@H]2O[C@@H](n3ccc(NC(C)=O)nc3=O)[C@H](OC(C)OCCC#N)[C@@H]2OP(OCCC#N)N(C(C)C)C(C)C)(c2ccccc2)c2ccc(OC)cc2)cc1. The number of aromatic nitrogens is 2. The number of methoxy groups -OCH3 is 2. The lowest BCUT2D eigenvalue weighted by atomic mass is 9.80. The van der Waals surface area contributed by atoms with Gasteiger partial charge in [0, 0.05) is 25.2 Å². The minimum atomic E-state index is -1.91. The van der Waals surface area contributed by atoms with Crippen molar-refractivity contribution in [1.29, 1.82) is 10.5 Å². The molecule has 1 fully saturated rings. The van der Waals surface area contributed by atoms with Crippen molar-refractivity contribution < 1.29 is 42.3 Å². The molecule has 1 amide bonds. The summed E-state index contributed by atoms with van der Waals surface area (Å²) in [5, 5.41) is 21.3. The molecule has 6 atom stereocenters. The number of anilines is 1. The van der Waals surface area contributed by atoms with Gasteiger partial charge in [0.1, 0.15) is 41.2 Å². The molecule has 0 bridgehead atoms. The van der Waals surface area contributed by atoms with E-state index in [1.807, 2.05) is 107 Å². The first kappa shape index (κ1) is 48.8. The highest BCUT2D eigenvalue weighted by Crippen LogP contribution is 2.51. The molecular formula is C46H57N6O10P. The summed E-state index contributed by atoms with van der Waals surface area (Å²) in [6.07, 6.45) is -3.40. The van der Waals surface area contributed by atoms with Crippen molar-refractivity contribution >= 4 is 20.3 Å². The van der Waals surface area contributed by atoms with Gasteiger partial charge in [0.15, 0.2) is 12.5 Å². The number of ether oxygens (including phenoxy) is 6. The Balaban J connectivity index is 1.70. The number of carbonyl (C=O) groups is 1. The minimum Gasteiger partial charge on any atom is -0.497 e. The summed E-state index contributed by atoms with van der Waals surface area (Å²) in [4.78, 5) is 29.9. The summed E-state index contributed by atoms with van der Waals surface area (Å²) in [6, 6.07) is 30.6. The van der Waals surface area contributed by atoms with E-state index < -0.39 is 56.6 Å². The normalized spacial score (nSPS) is 18.5. The van der Waals surface area contributed by atoms with Crippen molar-refractivity contribution in [1.82, 2.24) is 14.2 Å². The van der Waals surface area contributed by atoms with Crippen LogP contribution in [-0.4, -0.2) is 90.9 Å². The quantitative estimate of drug-likeness (QED) is 0.0335. The van der Waals surface area contributed by atoms with Crippen LogP contribution < -0.4 is 20.5 Å². The molecule has 336 valence electrons. The fourth-order valence-corrected chi connectivity index (χ4v) is 9.17. The first-order chi connectivity index (χ1) is 30.4. The number of benzene rings is 3. The van der Waals surface area contributed by atoms with Gasteiger partial charge >= 0.3 is 5.69 Å². The number of nitrogens with one attached hydrogen (secondary N) is 1. The van der Waals surface area contributed by atoms with Gasteiger partial charge in [-0.3, -0.25) is 9.36 Å². The molecule has 0 radical (unpaired) electrons. The Morgan fingerprint density at radius 1 is 0.857 bits per heavy atom. The van der Waals surface area contributed by atoms with Gasteiger partial charge in [0.25, 0.3) is 8.53 Å². The molecule has 0 saturated carbocycles. The van der Waals surface area contributed by atoms with Gasteiger partial charge in [0.2, 0.25) is 5.91 Å². The summed E-state index contributed by atoms with van der Waals surface area (Å²) in [5.74, 6) is 0.980. The van der Waals surface area contributed by atoms with E-state index in [4.69, 9.17) is 37.5 Å². The highest BCUT2D eigenvalue weighted by molar-refractivity contribution is 7.44. The maximum Gasteiger partial charge on any atom is 0.351 e. The van der Waals surface area contributed by atoms with Gasteiger partial charge in [0.05, 0.1) is 59.0 Å². The van der Waals surface area contributed by atoms with Gasteiger partial charge in [-0.2, -0.15) is 15.5 Å². The number of nitrogens with zero attached hydrogens (tertiary/aromatic N) is 5. The molecule has 16 nitrogen and oxygen atoms in total. The Bertz CT molecular complexity index is 2140. The maximum atomic E-state index is 13.9. The van der Waals surface area contributed by atoms with Gasteiger partial charge in [-0.15, -0.1) is 0 Å². The van der Waals surface area contributed by atoms with E-state index in [1.165, 1.54) is 23.8 Å². The predicted octanol–water partition coefficient (Wildman–Crippen LogP) is 7.45. The molecule has 63 heavy (non-hydrogen) atoms. The largest absolute Gasteiger partial charge is 0.497 e. The van der Waals surface area contributed by atoms with Crippen molar-refractivity contribution in [2.24, 2.45) is 0 Å². The smallest absolute Gasteiger partial charge is 0.351 e. The van der Waals surface area contributed by atoms with E-state index in [2.05, 4.69) is 27.1 Å². The standard InChI is InChI=1S/C46H57N6O10P/c1-31(2)52(32(3)4)63(59-29-13-26-48)62-42-40(61-44(43(42)60-34(6)57-28-12-25-47)51-27-24-41(49-33(5)53)50-45(51)54)30-58-46(35-14-10-9-11-15-35,36-16-20-38(55-7)21-17-36)37-18-22-39(56-8)23-19-37/h9-11,14-24,27,31-32,34,40,42-44H,12-13,28-30H2,1-8H3,(H,49,50,53,54)/t34?,40-,42-,43-,44-,63?/m1/s1. The number of nitriles is 2. The lowest BCUT2D eigenvalue weighted by Gasteiger charge is -2.39. The van der Waals surface area contributed by atoms with Crippen LogP contribution in [0.1, 0.15) is 77.3 Å². The highest BCUT2D eigenvalue weighted by Gasteiger charge is 2.52. The van der Waals surface area contributed by atoms with Gasteiger partial charge in [-0.1, -0.05) is 54.6 Å². The molecular weight excluding hydrogens is 828 g/mol. The lowest BCUT2D eigenvalue weighted by molar-refractivity contribution is -0.191. The molecule has 1 aromatic heterocycles. The Morgan fingerprint density at radius 3 is 1.95 bits per heavy atom. The zero-order chi connectivity index (χ0) is 45.5. The molecule has 1 aliphatic heterocycles. The van der Waals surface area contributed by atoms with Crippen LogP contribution in [0.2, 0.25) is 0 Å². The molecule has 17 heteroatoms. The van der Waals surface area contributed by atoms with E-state index in [-0.39, 0.29) is 50.6 Å². The Hall–Kier alpha value is -5.26. The fraction of sp³-hybridized carbons (Fsp3) is 0.457. The predicted molar refractivity (Wildman–Crippen MR) is 236 cm³/mol. The molecule has 5 rings (SSSR count). The second-order valence-corrected chi connectivity index (χ2v) is 16.5. The molecule has 4 aromatic rings. The molecule has 0 aliphatic carbocycles. The third-order valence-electron chi connectivity index (χ3n) is 10.1. The molecule has 1 N–H and O–H groups in total. The van der Waals surface area contributed by atoms with Crippen molar-refractivity contribution in [3.05, 3.63) is 118 Å². The summed E-state index contributed by atoms with van der Waals surface area (Å²) in [5.41, 5.74) is 0.375. The van der Waals surface area contributed by atoms with E-state index >= 15 is 0 Å². The Morgan fingerprint density at radius 2 is 1.43 bits per heavy atom. The average molecular weight is 885 g/mol. The molecule has 1 saturated heterocycles. The van der Waals surface area contributed by atoms with Gasteiger partial charge in [-0.25, -0.2) is 9.46 Å².